The van der Waals surface area contributed by atoms with Crippen molar-refractivity contribution in [3.8, 4) is 0 Å². The summed E-state index contributed by atoms with van der Waals surface area (Å²) in [6, 6.07) is 8.85. The van der Waals surface area contributed by atoms with E-state index in [1.54, 1.807) is 0 Å². The number of carbonyl (C=O) groups is 1. The molecule has 4 nitrogen and oxygen atoms in total. The molecule has 1 amide bonds. The molecule has 1 aliphatic carbocycles. The van der Waals surface area contributed by atoms with Gasteiger partial charge in [-0.25, -0.2) is 0 Å². The third kappa shape index (κ3) is 5.60. The molecule has 2 fully saturated rings. The smallest absolute Gasteiger partial charge is 0.238 e. The second-order valence-electron chi connectivity index (χ2n) is 7.30. The average Bonchev–Trinajstić information content (AvgIpc) is 2.63. The summed E-state index contributed by atoms with van der Waals surface area (Å²) in [4.78, 5) is 14.6. The van der Waals surface area contributed by atoms with E-state index < -0.39 is 0 Å². The minimum Gasteiger partial charge on any atom is -0.325 e. The monoisotopic (exact) mass is 329 g/mol. The van der Waals surface area contributed by atoms with Gasteiger partial charge in [0, 0.05) is 18.3 Å². The van der Waals surface area contributed by atoms with Gasteiger partial charge >= 0.3 is 0 Å². The molecule has 1 saturated heterocycles. The van der Waals surface area contributed by atoms with E-state index in [2.05, 4.69) is 27.7 Å². The maximum atomic E-state index is 12.1. The van der Waals surface area contributed by atoms with Crippen molar-refractivity contribution in [1.82, 2.24) is 10.2 Å². The highest BCUT2D eigenvalue weighted by Gasteiger charge is 2.14. The van der Waals surface area contributed by atoms with Gasteiger partial charge in [-0.2, -0.15) is 0 Å². The van der Waals surface area contributed by atoms with Crippen LogP contribution in [0.25, 0.3) is 0 Å². The summed E-state index contributed by atoms with van der Waals surface area (Å²) in [6.45, 7) is 3.87. The zero-order chi connectivity index (χ0) is 16.6. The van der Waals surface area contributed by atoms with Gasteiger partial charge in [-0.05, 0) is 56.5 Å². The predicted molar refractivity (Wildman–Crippen MR) is 99.1 cm³/mol. The molecule has 132 valence electrons. The topological polar surface area (TPSA) is 44.4 Å². The Hall–Kier alpha value is -1.39. The highest BCUT2D eigenvalue weighted by molar-refractivity contribution is 5.92. The quantitative estimate of drug-likeness (QED) is 0.839. The van der Waals surface area contributed by atoms with E-state index in [-0.39, 0.29) is 5.91 Å². The van der Waals surface area contributed by atoms with Crippen LogP contribution in [0.5, 0.6) is 0 Å². The molecule has 24 heavy (non-hydrogen) atoms. The molecule has 1 aromatic rings. The lowest BCUT2D eigenvalue weighted by Crippen LogP contribution is -2.37. The van der Waals surface area contributed by atoms with E-state index in [0.717, 1.165) is 12.2 Å². The lowest BCUT2D eigenvalue weighted by molar-refractivity contribution is -0.115. The summed E-state index contributed by atoms with van der Waals surface area (Å²) < 4.78 is 0. The Kier molecular flexibility index (Phi) is 6.67. The van der Waals surface area contributed by atoms with Crippen LogP contribution in [0.4, 0.5) is 5.69 Å². The fourth-order valence-corrected chi connectivity index (χ4v) is 3.82. The number of piperidine rings is 1. The molecule has 1 aromatic carbocycles. The van der Waals surface area contributed by atoms with Gasteiger partial charge in [0.2, 0.25) is 5.91 Å². The van der Waals surface area contributed by atoms with Crippen molar-refractivity contribution in [3.63, 3.8) is 0 Å². The van der Waals surface area contributed by atoms with Crippen molar-refractivity contribution in [2.24, 2.45) is 0 Å². The molecule has 0 bridgehead atoms. The standard InChI is InChI=1S/C20H31N3O/c24-20(15-21-18-7-3-1-4-8-18)22-19-11-9-17(10-12-19)16-23-13-5-2-6-14-23/h9-12,18,21H,1-8,13-16H2,(H,22,24). The van der Waals surface area contributed by atoms with Crippen LogP contribution >= 0.6 is 0 Å². The third-order valence-corrected chi connectivity index (χ3v) is 5.25. The second kappa shape index (κ2) is 9.19. The number of nitrogens with one attached hydrogen (secondary N) is 2. The van der Waals surface area contributed by atoms with Crippen molar-refractivity contribution in [1.29, 1.82) is 0 Å². The molecule has 0 aromatic heterocycles. The minimum atomic E-state index is 0.0596. The highest BCUT2D eigenvalue weighted by atomic mass is 16.1. The molecule has 0 atom stereocenters. The van der Waals surface area contributed by atoms with E-state index in [1.165, 1.54) is 70.0 Å². The van der Waals surface area contributed by atoms with Gasteiger partial charge < -0.3 is 10.6 Å². The Morgan fingerprint density at radius 2 is 1.62 bits per heavy atom. The summed E-state index contributed by atoms with van der Waals surface area (Å²) in [5.74, 6) is 0.0596. The van der Waals surface area contributed by atoms with Crippen molar-refractivity contribution in [3.05, 3.63) is 29.8 Å². The molecular formula is C20H31N3O. The maximum Gasteiger partial charge on any atom is 0.238 e. The number of nitrogens with zero attached hydrogens (tertiary/aromatic N) is 1. The largest absolute Gasteiger partial charge is 0.325 e. The van der Waals surface area contributed by atoms with E-state index in [0.29, 0.717) is 12.6 Å². The van der Waals surface area contributed by atoms with Crippen molar-refractivity contribution >= 4 is 11.6 Å². The first-order chi connectivity index (χ1) is 11.8. The van der Waals surface area contributed by atoms with Crippen LogP contribution in [0.1, 0.15) is 56.9 Å². The fraction of sp³-hybridized carbons (Fsp3) is 0.650. The third-order valence-electron chi connectivity index (χ3n) is 5.25. The number of likely N-dealkylation sites (tertiary alicyclic amines) is 1. The lowest BCUT2D eigenvalue weighted by Gasteiger charge is -2.26. The summed E-state index contributed by atoms with van der Waals surface area (Å²) in [6.07, 6.45) is 10.3. The molecule has 0 spiro atoms. The fourth-order valence-electron chi connectivity index (χ4n) is 3.82. The lowest BCUT2D eigenvalue weighted by atomic mass is 9.95. The molecular weight excluding hydrogens is 298 g/mol. The molecule has 1 saturated carbocycles. The SMILES string of the molecule is O=C(CNC1CCCCC1)Nc1ccc(CN2CCCCC2)cc1. The Balaban J connectivity index is 1.40. The van der Waals surface area contributed by atoms with E-state index in [4.69, 9.17) is 0 Å². The Morgan fingerprint density at radius 3 is 2.33 bits per heavy atom. The number of hydrogen-bond donors (Lipinski definition) is 2. The van der Waals surface area contributed by atoms with Crippen molar-refractivity contribution < 1.29 is 4.79 Å². The first-order valence-corrected chi connectivity index (χ1v) is 9.64. The second-order valence-corrected chi connectivity index (χ2v) is 7.30. The normalized spacial score (nSPS) is 20.0. The first-order valence-electron chi connectivity index (χ1n) is 9.64. The van der Waals surface area contributed by atoms with Crippen LogP contribution in [0.3, 0.4) is 0 Å². The van der Waals surface area contributed by atoms with Gasteiger partial charge in [0.05, 0.1) is 6.54 Å². The summed E-state index contributed by atoms with van der Waals surface area (Å²) in [5, 5.41) is 6.39. The summed E-state index contributed by atoms with van der Waals surface area (Å²) in [5.41, 5.74) is 2.23. The molecule has 0 radical (unpaired) electrons. The zero-order valence-electron chi connectivity index (χ0n) is 14.7. The highest BCUT2D eigenvalue weighted by Crippen LogP contribution is 2.17. The Bertz CT molecular complexity index is 502. The molecule has 4 heteroatoms. The van der Waals surface area contributed by atoms with Gasteiger partial charge in [-0.3, -0.25) is 9.69 Å². The maximum absolute atomic E-state index is 12.1. The van der Waals surface area contributed by atoms with Crippen molar-refractivity contribution in [2.75, 3.05) is 25.0 Å². The van der Waals surface area contributed by atoms with Crippen LogP contribution in [0, 0.1) is 0 Å². The predicted octanol–water partition coefficient (Wildman–Crippen LogP) is 3.53. The van der Waals surface area contributed by atoms with Gasteiger partial charge in [0.25, 0.3) is 0 Å². The number of carbonyl (C=O) groups excluding carboxylic acids is 1. The van der Waals surface area contributed by atoms with E-state index in [9.17, 15) is 4.79 Å². The van der Waals surface area contributed by atoms with Crippen molar-refractivity contribution in [2.45, 2.75) is 64.0 Å². The molecule has 0 unspecified atom stereocenters. The van der Waals surface area contributed by atoms with E-state index >= 15 is 0 Å². The number of benzene rings is 1. The first kappa shape index (κ1) is 17.4. The van der Waals surface area contributed by atoms with Gasteiger partial charge in [-0.1, -0.05) is 37.8 Å². The molecule has 1 heterocycles. The van der Waals surface area contributed by atoms with Crippen LogP contribution in [0.2, 0.25) is 0 Å². The van der Waals surface area contributed by atoms with E-state index in [1.807, 2.05) is 12.1 Å². The molecule has 2 N–H and O–H groups in total. The van der Waals surface area contributed by atoms with Crippen LogP contribution in [-0.2, 0) is 11.3 Å². The molecule has 2 aliphatic rings. The molecule has 1 aliphatic heterocycles. The molecule has 3 rings (SSSR count). The van der Waals surface area contributed by atoms with Gasteiger partial charge in [0.15, 0.2) is 0 Å². The summed E-state index contributed by atoms with van der Waals surface area (Å²) in [7, 11) is 0. The van der Waals surface area contributed by atoms with Gasteiger partial charge in [-0.15, -0.1) is 0 Å². The van der Waals surface area contributed by atoms with Crippen LogP contribution in [0.15, 0.2) is 24.3 Å². The van der Waals surface area contributed by atoms with Crippen LogP contribution in [-0.4, -0.2) is 36.5 Å². The zero-order valence-corrected chi connectivity index (χ0v) is 14.7. The number of hydrogen-bond acceptors (Lipinski definition) is 3. The summed E-state index contributed by atoms with van der Waals surface area (Å²) >= 11 is 0. The minimum absolute atomic E-state index is 0.0596. The Morgan fingerprint density at radius 1 is 0.958 bits per heavy atom. The van der Waals surface area contributed by atoms with Crippen LogP contribution < -0.4 is 10.6 Å². The number of amides is 1. The van der Waals surface area contributed by atoms with Gasteiger partial charge in [0.1, 0.15) is 0 Å². The number of anilines is 1. The average molecular weight is 329 g/mol. The Labute approximate surface area is 146 Å². The number of rotatable bonds is 6.